The van der Waals surface area contributed by atoms with Gasteiger partial charge in [0.1, 0.15) is 11.5 Å². The van der Waals surface area contributed by atoms with E-state index >= 15 is 0 Å². The fraction of sp³-hybridized carbons (Fsp3) is 0.238. The van der Waals surface area contributed by atoms with Crippen LogP contribution in [0.2, 0.25) is 0 Å². The van der Waals surface area contributed by atoms with Gasteiger partial charge in [0.15, 0.2) is 0 Å². The van der Waals surface area contributed by atoms with Crippen LogP contribution in [0.4, 0.5) is 11.4 Å². The first-order valence-corrected chi connectivity index (χ1v) is 8.94. The van der Waals surface area contributed by atoms with Crippen molar-refractivity contribution in [3.05, 3.63) is 65.7 Å². The summed E-state index contributed by atoms with van der Waals surface area (Å²) in [5.41, 5.74) is 11.0. The van der Waals surface area contributed by atoms with Gasteiger partial charge in [0, 0.05) is 19.2 Å². The Morgan fingerprint density at radius 2 is 1.88 bits per heavy atom. The van der Waals surface area contributed by atoms with Crippen molar-refractivity contribution in [1.29, 1.82) is 0 Å². The molecule has 0 fully saturated rings. The summed E-state index contributed by atoms with van der Waals surface area (Å²) in [6.07, 6.45) is 5.03. The molecule has 1 amide bonds. The molecular weight excluding hydrogens is 324 g/mol. The Labute approximate surface area is 152 Å². The number of anilines is 2. The molecule has 0 saturated carbocycles. The third-order valence-corrected chi connectivity index (χ3v) is 4.83. The second-order valence-electron chi connectivity index (χ2n) is 6.82. The summed E-state index contributed by atoms with van der Waals surface area (Å²) in [5, 5.41) is 2.92. The Bertz CT molecular complexity index is 933. The van der Waals surface area contributed by atoms with E-state index in [1.807, 2.05) is 24.4 Å². The van der Waals surface area contributed by atoms with Crippen molar-refractivity contribution in [3.8, 4) is 11.1 Å². The van der Waals surface area contributed by atoms with E-state index in [9.17, 15) is 4.79 Å². The average Bonchev–Trinajstić information content (AvgIpc) is 3.09. The first-order valence-electron chi connectivity index (χ1n) is 8.94. The number of hydrogen-bond donors (Lipinski definition) is 2. The maximum atomic E-state index is 12.6. The first kappa shape index (κ1) is 16.4. The number of benzene rings is 2. The van der Waals surface area contributed by atoms with Crippen LogP contribution in [0.15, 0.2) is 48.7 Å². The van der Waals surface area contributed by atoms with E-state index in [1.165, 1.54) is 5.56 Å². The van der Waals surface area contributed by atoms with Gasteiger partial charge in [0.05, 0.1) is 11.4 Å². The van der Waals surface area contributed by atoms with Crippen LogP contribution in [0, 0.1) is 6.92 Å². The highest BCUT2D eigenvalue weighted by Gasteiger charge is 2.17. The van der Waals surface area contributed by atoms with Crippen LogP contribution in [0.1, 0.15) is 34.7 Å². The van der Waals surface area contributed by atoms with E-state index in [0.29, 0.717) is 17.1 Å². The van der Waals surface area contributed by atoms with Gasteiger partial charge in [-0.3, -0.25) is 4.79 Å². The van der Waals surface area contributed by atoms with Crippen molar-refractivity contribution in [1.82, 2.24) is 9.55 Å². The van der Waals surface area contributed by atoms with Gasteiger partial charge < -0.3 is 15.6 Å². The Hall–Kier alpha value is -3.08. The predicted octanol–water partition coefficient (Wildman–Crippen LogP) is 4.03. The topological polar surface area (TPSA) is 72.9 Å². The summed E-state index contributed by atoms with van der Waals surface area (Å²) in [6.45, 7) is 2.99. The predicted molar refractivity (Wildman–Crippen MR) is 104 cm³/mol. The summed E-state index contributed by atoms with van der Waals surface area (Å²) < 4.78 is 2.07. The molecule has 0 unspecified atom stereocenters. The zero-order valence-electron chi connectivity index (χ0n) is 14.8. The molecule has 0 radical (unpaired) electrons. The molecule has 5 heteroatoms. The van der Waals surface area contributed by atoms with Crippen molar-refractivity contribution in [2.24, 2.45) is 0 Å². The Morgan fingerprint density at radius 1 is 1.12 bits per heavy atom. The Balaban J connectivity index is 1.59. The number of hydrogen-bond acceptors (Lipinski definition) is 3. The second-order valence-corrected chi connectivity index (χ2v) is 6.82. The summed E-state index contributed by atoms with van der Waals surface area (Å²) in [7, 11) is 0. The SMILES string of the molecule is Cc1ccc(-c2ccc(N)c(NC(=O)c3cn4c(n3)CCCC4)c2)cc1. The molecule has 0 atom stereocenters. The number of carbonyl (C=O) groups is 1. The molecule has 132 valence electrons. The maximum absolute atomic E-state index is 12.6. The Morgan fingerprint density at radius 3 is 2.65 bits per heavy atom. The molecule has 5 nitrogen and oxygen atoms in total. The normalized spacial score (nSPS) is 13.3. The molecule has 0 bridgehead atoms. The van der Waals surface area contributed by atoms with E-state index in [4.69, 9.17) is 5.73 Å². The number of nitrogens with two attached hydrogens (primary N) is 1. The third kappa shape index (κ3) is 3.20. The van der Waals surface area contributed by atoms with Crippen molar-refractivity contribution >= 4 is 17.3 Å². The molecule has 0 saturated heterocycles. The smallest absolute Gasteiger partial charge is 0.275 e. The van der Waals surface area contributed by atoms with Crippen LogP contribution in [0.25, 0.3) is 11.1 Å². The molecule has 26 heavy (non-hydrogen) atoms. The minimum atomic E-state index is -0.223. The lowest BCUT2D eigenvalue weighted by Gasteiger charge is -2.11. The lowest BCUT2D eigenvalue weighted by atomic mass is 10.0. The van der Waals surface area contributed by atoms with E-state index in [1.54, 1.807) is 0 Å². The molecule has 0 spiro atoms. The Kier molecular flexibility index (Phi) is 4.21. The van der Waals surface area contributed by atoms with Crippen molar-refractivity contribution in [2.45, 2.75) is 32.7 Å². The molecule has 3 aromatic rings. The first-order chi connectivity index (χ1) is 12.6. The summed E-state index contributed by atoms with van der Waals surface area (Å²) in [5.74, 6) is 0.766. The summed E-state index contributed by atoms with van der Waals surface area (Å²) >= 11 is 0. The van der Waals surface area contributed by atoms with Crippen molar-refractivity contribution in [3.63, 3.8) is 0 Å². The highest BCUT2D eigenvalue weighted by atomic mass is 16.1. The molecule has 1 aliphatic heterocycles. The number of nitrogens with zero attached hydrogens (tertiary/aromatic N) is 2. The lowest BCUT2D eigenvalue weighted by Crippen LogP contribution is -2.13. The third-order valence-electron chi connectivity index (χ3n) is 4.83. The number of carbonyl (C=O) groups excluding carboxylic acids is 1. The van der Waals surface area contributed by atoms with Crippen LogP contribution >= 0.6 is 0 Å². The fourth-order valence-electron chi connectivity index (χ4n) is 3.30. The standard InChI is InChI=1S/C21H22N4O/c1-14-5-7-15(8-6-14)16-9-10-17(22)18(12-16)24-21(26)19-13-25-11-3-2-4-20(25)23-19/h5-10,12-13H,2-4,11,22H2,1H3,(H,24,26). The van der Waals surface area contributed by atoms with Crippen molar-refractivity contribution < 1.29 is 4.79 Å². The van der Waals surface area contributed by atoms with Crippen LogP contribution in [-0.4, -0.2) is 15.5 Å². The highest BCUT2D eigenvalue weighted by Crippen LogP contribution is 2.28. The molecule has 2 aromatic carbocycles. The number of nitrogens with one attached hydrogen (secondary N) is 1. The molecule has 4 rings (SSSR count). The van der Waals surface area contributed by atoms with E-state index in [-0.39, 0.29) is 5.91 Å². The highest BCUT2D eigenvalue weighted by molar-refractivity contribution is 6.04. The molecule has 2 heterocycles. The molecular formula is C21H22N4O. The lowest BCUT2D eigenvalue weighted by molar-refractivity contribution is 0.102. The summed E-state index contributed by atoms with van der Waals surface area (Å²) in [4.78, 5) is 17.1. The van der Waals surface area contributed by atoms with Gasteiger partial charge in [-0.25, -0.2) is 4.98 Å². The number of nitrogen functional groups attached to an aromatic ring is 1. The number of imidazole rings is 1. The van der Waals surface area contributed by atoms with Gasteiger partial charge in [-0.2, -0.15) is 0 Å². The van der Waals surface area contributed by atoms with E-state index in [0.717, 1.165) is 42.8 Å². The maximum Gasteiger partial charge on any atom is 0.275 e. The second kappa shape index (κ2) is 6.67. The number of amides is 1. The van der Waals surface area contributed by atoms with Gasteiger partial charge >= 0.3 is 0 Å². The van der Waals surface area contributed by atoms with E-state index < -0.39 is 0 Å². The zero-order chi connectivity index (χ0) is 18.1. The van der Waals surface area contributed by atoms with Crippen LogP contribution in [0.3, 0.4) is 0 Å². The van der Waals surface area contributed by atoms with Gasteiger partial charge in [-0.15, -0.1) is 0 Å². The van der Waals surface area contributed by atoms with E-state index in [2.05, 4.69) is 46.1 Å². The molecule has 3 N–H and O–H groups in total. The summed E-state index contributed by atoms with van der Waals surface area (Å²) in [6, 6.07) is 14.0. The number of aromatic nitrogens is 2. The van der Waals surface area contributed by atoms with Gasteiger partial charge in [-0.05, 0) is 43.0 Å². The monoisotopic (exact) mass is 346 g/mol. The number of rotatable bonds is 3. The van der Waals surface area contributed by atoms with Crippen LogP contribution < -0.4 is 11.1 Å². The molecule has 1 aliphatic rings. The van der Waals surface area contributed by atoms with Crippen molar-refractivity contribution in [2.75, 3.05) is 11.1 Å². The minimum absolute atomic E-state index is 0.223. The number of aryl methyl sites for hydroxylation is 3. The minimum Gasteiger partial charge on any atom is -0.397 e. The zero-order valence-corrected chi connectivity index (χ0v) is 14.8. The average molecular weight is 346 g/mol. The van der Waals surface area contributed by atoms with Gasteiger partial charge in [0.25, 0.3) is 5.91 Å². The molecule has 1 aromatic heterocycles. The fourth-order valence-corrected chi connectivity index (χ4v) is 3.30. The number of fused-ring (bicyclic) bond motifs is 1. The quantitative estimate of drug-likeness (QED) is 0.703. The van der Waals surface area contributed by atoms with Crippen LogP contribution in [-0.2, 0) is 13.0 Å². The molecule has 0 aliphatic carbocycles. The van der Waals surface area contributed by atoms with Crippen LogP contribution in [0.5, 0.6) is 0 Å². The van der Waals surface area contributed by atoms with Gasteiger partial charge in [0.2, 0.25) is 0 Å². The van der Waals surface area contributed by atoms with Gasteiger partial charge in [-0.1, -0.05) is 35.9 Å². The largest absolute Gasteiger partial charge is 0.397 e.